The molecule has 1 saturated heterocycles. The van der Waals surface area contributed by atoms with Crippen molar-refractivity contribution >= 4 is 0 Å². The average Bonchev–Trinajstić information content (AvgIpc) is 1.96. The molecule has 0 amide bonds. The molecule has 2 atom stereocenters. The molecule has 0 aromatic rings. The fourth-order valence-electron chi connectivity index (χ4n) is 1.78. The van der Waals surface area contributed by atoms with Crippen LogP contribution in [0.5, 0.6) is 0 Å². The molecule has 0 aromatic carbocycles. The molecule has 12 heavy (non-hydrogen) atoms. The quantitative estimate of drug-likeness (QED) is 0.678. The van der Waals surface area contributed by atoms with Gasteiger partial charge < -0.3 is 5.11 Å². The Morgan fingerprint density at radius 1 is 1.42 bits per heavy atom. The van der Waals surface area contributed by atoms with Gasteiger partial charge in [0.05, 0.1) is 6.10 Å². The minimum absolute atomic E-state index is 0.0967. The Labute approximate surface area is 75.6 Å². The number of aliphatic hydroxyl groups is 1. The van der Waals surface area contributed by atoms with Crippen LogP contribution in [0.3, 0.4) is 0 Å². The summed E-state index contributed by atoms with van der Waals surface area (Å²) in [7, 11) is 0. The molecule has 2 nitrogen and oxygen atoms in total. The predicted molar refractivity (Wildman–Crippen MR) is 50.9 cm³/mol. The van der Waals surface area contributed by atoms with Crippen LogP contribution in [0.1, 0.15) is 33.6 Å². The molecule has 1 aliphatic rings. The minimum Gasteiger partial charge on any atom is -0.392 e. The molecule has 1 radical (unpaired) electrons. The van der Waals surface area contributed by atoms with Gasteiger partial charge in [0.25, 0.3) is 0 Å². The molecule has 0 bridgehead atoms. The van der Waals surface area contributed by atoms with Crippen LogP contribution in [0, 0.1) is 5.92 Å². The van der Waals surface area contributed by atoms with Crippen LogP contribution in [-0.2, 0) is 0 Å². The Kier molecular flexibility index (Phi) is 3.53. The van der Waals surface area contributed by atoms with Crippen molar-refractivity contribution in [1.29, 1.82) is 0 Å². The van der Waals surface area contributed by atoms with E-state index in [1.807, 2.05) is 0 Å². The zero-order chi connectivity index (χ0) is 9.14. The summed E-state index contributed by atoms with van der Waals surface area (Å²) in [6, 6.07) is 0.642. The van der Waals surface area contributed by atoms with E-state index in [1.54, 1.807) is 0 Å². The van der Waals surface area contributed by atoms with Crippen molar-refractivity contribution in [2.75, 3.05) is 13.1 Å². The van der Waals surface area contributed by atoms with Crippen molar-refractivity contribution in [3.8, 4) is 0 Å². The molecular formula is C10H20NO. The van der Waals surface area contributed by atoms with E-state index in [4.69, 9.17) is 0 Å². The predicted octanol–water partition coefficient (Wildman–Crippen LogP) is 1.45. The zero-order valence-corrected chi connectivity index (χ0v) is 8.38. The van der Waals surface area contributed by atoms with Crippen LogP contribution < -0.4 is 0 Å². The smallest absolute Gasteiger partial charge is 0.0667 e. The number of piperidine rings is 1. The van der Waals surface area contributed by atoms with Gasteiger partial charge in [0.15, 0.2) is 0 Å². The Balaban J connectivity index is 2.38. The van der Waals surface area contributed by atoms with Gasteiger partial charge in [0.1, 0.15) is 0 Å². The number of nitrogens with zero attached hydrogens (tertiary/aromatic N) is 1. The summed E-state index contributed by atoms with van der Waals surface area (Å²) in [4.78, 5) is 2.36. The maximum absolute atomic E-state index is 9.46. The van der Waals surface area contributed by atoms with E-state index < -0.39 is 0 Å². The van der Waals surface area contributed by atoms with Crippen LogP contribution in [0.4, 0.5) is 0 Å². The molecule has 1 rings (SSSR count). The van der Waals surface area contributed by atoms with Crippen LogP contribution >= 0.6 is 0 Å². The normalized spacial score (nSPS) is 32.8. The van der Waals surface area contributed by atoms with Crippen LogP contribution in [-0.4, -0.2) is 35.2 Å². The summed E-state index contributed by atoms with van der Waals surface area (Å²) in [5.41, 5.74) is 0. The molecular weight excluding hydrogens is 150 g/mol. The summed E-state index contributed by atoms with van der Waals surface area (Å²) >= 11 is 0. The van der Waals surface area contributed by atoms with Crippen molar-refractivity contribution in [2.45, 2.75) is 45.8 Å². The molecule has 1 aliphatic heterocycles. The average molecular weight is 170 g/mol. The summed E-state index contributed by atoms with van der Waals surface area (Å²) < 4.78 is 0. The first-order valence-electron chi connectivity index (χ1n) is 4.80. The van der Waals surface area contributed by atoms with Crippen molar-refractivity contribution in [1.82, 2.24) is 4.90 Å². The molecule has 1 heterocycles. The summed E-state index contributed by atoms with van der Waals surface area (Å²) in [6.07, 6.45) is 2.01. The molecule has 1 N–H and O–H groups in total. The second-order valence-electron chi connectivity index (χ2n) is 4.22. The van der Waals surface area contributed by atoms with Crippen molar-refractivity contribution in [2.24, 2.45) is 0 Å². The van der Waals surface area contributed by atoms with Crippen LogP contribution in [0.25, 0.3) is 0 Å². The van der Waals surface area contributed by atoms with E-state index in [-0.39, 0.29) is 6.10 Å². The largest absolute Gasteiger partial charge is 0.392 e. The van der Waals surface area contributed by atoms with Crippen molar-refractivity contribution in [3.05, 3.63) is 5.92 Å². The van der Waals surface area contributed by atoms with Gasteiger partial charge in [-0.05, 0) is 25.7 Å². The Bertz CT molecular complexity index is 134. The highest BCUT2D eigenvalue weighted by Crippen LogP contribution is 2.18. The fourth-order valence-corrected chi connectivity index (χ4v) is 1.78. The molecule has 0 aliphatic carbocycles. The van der Waals surface area contributed by atoms with E-state index in [9.17, 15) is 5.11 Å². The van der Waals surface area contributed by atoms with Crippen LogP contribution in [0.2, 0.25) is 0 Å². The fraction of sp³-hybridized carbons (Fsp3) is 0.900. The first kappa shape index (κ1) is 10.0. The molecule has 2 unspecified atom stereocenters. The second kappa shape index (κ2) is 4.24. The standard InChI is InChI=1S/C10H20NO/c1-8(2)6-11-7-10(12)5-4-9(11)3/h9-10,12H,4-7H2,1-3H3. The van der Waals surface area contributed by atoms with Gasteiger partial charge in [-0.3, -0.25) is 4.90 Å². The van der Waals surface area contributed by atoms with E-state index >= 15 is 0 Å². The topological polar surface area (TPSA) is 23.5 Å². The van der Waals surface area contributed by atoms with Gasteiger partial charge >= 0.3 is 0 Å². The molecule has 1 fully saturated rings. The highest BCUT2D eigenvalue weighted by molar-refractivity contribution is 4.87. The number of hydrogen-bond acceptors (Lipinski definition) is 2. The van der Waals surface area contributed by atoms with E-state index in [0.29, 0.717) is 6.04 Å². The van der Waals surface area contributed by atoms with Crippen molar-refractivity contribution < 1.29 is 5.11 Å². The molecule has 2 heteroatoms. The Morgan fingerprint density at radius 3 is 2.67 bits per heavy atom. The van der Waals surface area contributed by atoms with Gasteiger partial charge in [-0.1, -0.05) is 13.8 Å². The van der Waals surface area contributed by atoms with Gasteiger partial charge in [0, 0.05) is 19.1 Å². The molecule has 71 valence electrons. The molecule has 0 aromatic heterocycles. The summed E-state index contributed by atoms with van der Waals surface area (Å²) in [5, 5.41) is 9.46. The maximum Gasteiger partial charge on any atom is 0.0667 e. The molecule has 0 spiro atoms. The summed E-state index contributed by atoms with van der Waals surface area (Å²) in [5.74, 6) is 1.43. The van der Waals surface area contributed by atoms with E-state index in [1.165, 1.54) is 5.92 Å². The lowest BCUT2D eigenvalue weighted by Crippen LogP contribution is -2.45. The van der Waals surface area contributed by atoms with Crippen molar-refractivity contribution in [3.63, 3.8) is 0 Å². The number of likely N-dealkylation sites (tertiary alicyclic amines) is 1. The highest BCUT2D eigenvalue weighted by Gasteiger charge is 2.23. The zero-order valence-electron chi connectivity index (χ0n) is 8.38. The highest BCUT2D eigenvalue weighted by atomic mass is 16.3. The van der Waals surface area contributed by atoms with Gasteiger partial charge in [-0.2, -0.15) is 0 Å². The lowest BCUT2D eigenvalue weighted by molar-refractivity contribution is 0.0440. The van der Waals surface area contributed by atoms with Crippen LogP contribution in [0.15, 0.2) is 0 Å². The Morgan fingerprint density at radius 2 is 2.08 bits per heavy atom. The SMILES string of the molecule is C[C](C)CN1CC(O)CCC1C. The summed E-state index contributed by atoms with van der Waals surface area (Å²) in [6.45, 7) is 8.43. The third kappa shape index (κ3) is 2.76. The molecule has 0 saturated carbocycles. The first-order chi connectivity index (χ1) is 5.59. The van der Waals surface area contributed by atoms with E-state index in [0.717, 1.165) is 25.9 Å². The second-order valence-corrected chi connectivity index (χ2v) is 4.22. The third-order valence-electron chi connectivity index (χ3n) is 2.51. The lowest BCUT2D eigenvalue weighted by atomic mass is 10.00. The number of aliphatic hydroxyl groups excluding tert-OH is 1. The minimum atomic E-state index is -0.0967. The monoisotopic (exact) mass is 170 g/mol. The lowest BCUT2D eigenvalue weighted by Gasteiger charge is -2.36. The first-order valence-corrected chi connectivity index (χ1v) is 4.80. The third-order valence-corrected chi connectivity index (χ3v) is 2.51. The van der Waals surface area contributed by atoms with Gasteiger partial charge in [0.2, 0.25) is 0 Å². The van der Waals surface area contributed by atoms with Gasteiger partial charge in [-0.15, -0.1) is 0 Å². The van der Waals surface area contributed by atoms with Gasteiger partial charge in [-0.25, -0.2) is 0 Å². The maximum atomic E-state index is 9.46. The number of β-amino-alcohol motifs (C(OH)–C–C–N with tert-alkyl or cyclic N) is 1. The Hall–Kier alpha value is -0.0800. The number of hydrogen-bond donors (Lipinski definition) is 1. The number of rotatable bonds is 2. The van der Waals surface area contributed by atoms with E-state index in [2.05, 4.69) is 25.7 Å².